The molecule has 3 fully saturated rings. The molecule has 1 aromatic carbocycles. The van der Waals surface area contributed by atoms with Crippen LogP contribution in [0.3, 0.4) is 0 Å². The van der Waals surface area contributed by atoms with Crippen LogP contribution in [0.2, 0.25) is 0 Å². The number of hydrogen-bond acceptors (Lipinski definition) is 12. The predicted octanol–water partition coefficient (Wildman–Crippen LogP) is 2.33. The van der Waals surface area contributed by atoms with Gasteiger partial charge in [-0.25, -0.2) is 0 Å². The van der Waals surface area contributed by atoms with Crippen LogP contribution in [0.25, 0.3) is 0 Å². The quantitative estimate of drug-likeness (QED) is 0.123. The van der Waals surface area contributed by atoms with E-state index in [0.29, 0.717) is 37.0 Å². The number of rotatable bonds is 11. The summed E-state index contributed by atoms with van der Waals surface area (Å²) in [5.74, 6) is -1.57. The van der Waals surface area contributed by atoms with Gasteiger partial charge in [-0.3, -0.25) is 4.79 Å². The fraction of sp³-hybridized carbons (Fsp3) is 0.769. The van der Waals surface area contributed by atoms with Crippen molar-refractivity contribution in [1.82, 2.24) is 0 Å². The van der Waals surface area contributed by atoms with Crippen molar-refractivity contribution in [2.45, 2.75) is 153 Å². The van der Waals surface area contributed by atoms with E-state index in [2.05, 4.69) is 13.8 Å². The van der Waals surface area contributed by atoms with E-state index in [-0.39, 0.29) is 29.6 Å². The number of aliphatic hydroxyl groups excluding tert-OH is 6. The molecule has 4 aliphatic rings. The third kappa shape index (κ3) is 6.36. The second-order valence-corrected chi connectivity index (χ2v) is 17.0. The van der Waals surface area contributed by atoms with Crippen LogP contribution in [-0.2, 0) is 26.1 Å². The molecule has 1 aromatic rings. The number of carbonyl (C=O) groups is 1. The number of aliphatic hydroxyl groups is 7. The number of hydrogen-bond donors (Lipinski definition) is 8. The zero-order valence-electron chi connectivity index (χ0n) is 31.3. The molecule has 288 valence electrons. The highest BCUT2D eigenvalue weighted by atomic mass is 16.7. The average molecular weight is 721 g/mol. The molecule has 3 aliphatic carbocycles. The smallest absolute Gasteiger partial charge is 0.229 e. The average Bonchev–Trinajstić information content (AvgIpc) is 3.27. The molecule has 0 bridgehead atoms. The maximum atomic E-state index is 14.7. The molecular weight excluding hydrogens is 660 g/mol. The monoisotopic (exact) mass is 720 g/mol. The number of unbranched alkanes of at least 4 members (excludes halogenated alkanes) is 1. The van der Waals surface area contributed by atoms with Crippen molar-refractivity contribution < 1.29 is 59.9 Å². The largest absolute Gasteiger partial charge is 0.504 e. The van der Waals surface area contributed by atoms with Crippen molar-refractivity contribution in [2.24, 2.45) is 22.7 Å². The van der Waals surface area contributed by atoms with Crippen LogP contribution in [0.5, 0.6) is 11.5 Å². The molecule has 0 aromatic heterocycles. The molecule has 5 rings (SSSR count). The number of ether oxygens (including phenoxy) is 3. The van der Waals surface area contributed by atoms with Gasteiger partial charge in [0.2, 0.25) is 6.29 Å². The topological polar surface area (TPSA) is 207 Å². The molecule has 13 unspecified atom stereocenters. The fourth-order valence-electron chi connectivity index (χ4n) is 10.2. The summed E-state index contributed by atoms with van der Waals surface area (Å²) in [5, 5.41) is 87.5. The van der Waals surface area contributed by atoms with E-state index in [1.165, 1.54) is 13.0 Å². The summed E-state index contributed by atoms with van der Waals surface area (Å²) in [4.78, 5) is 14.7. The van der Waals surface area contributed by atoms with Crippen LogP contribution < -0.4 is 4.74 Å². The fourth-order valence-corrected chi connectivity index (χ4v) is 10.2. The van der Waals surface area contributed by atoms with Crippen LogP contribution in [0.1, 0.15) is 97.3 Å². The number of benzene rings is 1. The minimum atomic E-state index is -1.79. The van der Waals surface area contributed by atoms with E-state index in [9.17, 15) is 45.6 Å². The van der Waals surface area contributed by atoms with Gasteiger partial charge < -0.3 is 55.1 Å². The second-order valence-electron chi connectivity index (χ2n) is 17.0. The molecule has 0 amide bonds. The first kappa shape index (κ1) is 40.1. The zero-order valence-corrected chi connectivity index (χ0v) is 31.3. The van der Waals surface area contributed by atoms with Crippen molar-refractivity contribution >= 4 is 5.78 Å². The van der Waals surface area contributed by atoms with Crippen LogP contribution in [0.4, 0.5) is 0 Å². The number of carbonyl (C=O) groups excluding carboxylic acids is 1. The third-order valence-corrected chi connectivity index (χ3v) is 13.4. The lowest BCUT2D eigenvalue weighted by atomic mass is 9.41. The molecule has 0 radical (unpaired) electrons. The molecule has 8 N–H and O–H groups in total. The summed E-state index contributed by atoms with van der Waals surface area (Å²) < 4.78 is 17.4. The minimum absolute atomic E-state index is 0.0126. The van der Waals surface area contributed by atoms with E-state index in [4.69, 9.17) is 14.2 Å². The third-order valence-electron chi connectivity index (χ3n) is 13.4. The number of aromatic hydroxyl groups is 1. The number of phenols is 1. The normalized spacial score (nSPS) is 40.0. The first-order valence-electron chi connectivity index (χ1n) is 18.4. The molecule has 0 spiro atoms. The van der Waals surface area contributed by atoms with Crippen LogP contribution >= 0.6 is 0 Å². The van der Waals surface area contributed by atoms with Crippen molar-refractivity contribution in [2.75, 3.05) is 13.2 Å². The van der Waals surface area contributed by atoms with E-state index < -0.39 is 82.9 Å². The van der Waals surface area contributed by atoms with Gasteiger partial charge in [0.05, 0.1) is 29.3 Å². The van der Waals surface area contributed by atoms with Gasteiger partial charge in [-0.15, -0.1) is 0 Å². The summed E-state index contributed by atoms with van der Waals surface area (Å²) in [7, 11) is 0. The van der Waals surface area contributed by atoms with Gasteiger partial charge in [0, 0.05) is 18.9 Å². The van der Waals surface area contributed by atoms with Gasteiger partial charge in [-0.1, -0.05) is 39.3 Å². The zero-order chi connectivity index (χ0) is 38.1. The highest BCUT2D eigenvalue weighted by molar-refractivity contribution is 5.93. The Hall–Kier alpha value is -2.13. The van der Waals surface area contributed by atoms with Gasteiger partial charge >= 0.3 is 0 Å². The van der Waals surface area contributed by atoms with Crippen LogP contribution in [0, 0.1) is 29.6 Å². The maximum absolute atomic E-state index is 14.7. The highest BCUT2D eigenvalue weighted by Crippen LogP contribution is 2.72. The van der Waals surface area contributed by atoms with Crippen molar-refractivity contribution in [3.05, 3.63) is 34.9 Å². The van der Waals surface area contributed by atoms with Crippen LogP contribution in [0.15, 0.2) is 18.2 Å². The van der Waals surface area contributed by atoms with Crippen LogP contribution in [-0.4, -0.2) is 114 Å². The lowest BCUT2D eigenvalue weighted by Gasteiger charge is -2.62. The summed E-state index contributed by atoms with van der Waals surface area (Å²) in [5.41, 5.74) is -3.23. The Balaban J connectivity index is 1.49. The predicted molar refractivity (Wildman–Crippen MR) is 187 cm³/mol. The standard InChI is InChI=1S/C39H60O12/c1-9-10-15-49-35(3,4)14-13-27(42)39(8,48)33-23(41)17-36(5)26-12-11-21-20(2)29(44)24(16-22(21)38(26,7)28(43)18-37(33,36)6)50-34-32(47)31(46)30(45)25(19-40)51-34/h13-14,16,23,25-27,30-34,40-42,44-48H,9-12,15,17-19H2,1-8H3/b14-13+. The molecule has 1 saturated heterocycles. The van der Waals surface area contributed by atoms with E-state index in [1.807, 2.05) is 27.7 Å². The lowest BCUT2D eigenvalue weighted by Crippen LogP contribution is -2.64. The number of phenolic OH excluding ortho intramolecular Hbond substituents is 1. The molecular formula is C39H60O12. The first-order chi connectivity index (χ1) is 23.6. The Labute approximate surface area is 301 Å². The second kappa shape index (κ2) is 13.9. The first-order valence-corrected chi connectivity index (χ1v) is 18.4. The number of ketones is 1. The van der Waals surface area contributed by atoms with Crippen molar-refractivity contribution in [1.29, 1.82) is 0 Å². The van der Waals surface area contributed by atoms with Crippen molar-refractivity contribution in [3.63, 3.8) is 0 Å². The number of Topliss-reactive ketones (excluding diaryl/α,β-unsaturated/α-hetero) is 1. The Morgan fingerprint density at radius 2 is 1.75 bits per heavy atom. The molecule has 51 heavy (non-hydrogen) atoms. The molecule has 12 nitrogen and oxygen atoms in total. The highest BCUT2D eigenvalue weighted by Gasteiger charge is 2.73. The Morgan fingerprint density at radius 1 is 1.08 bits per heavy atom. The molecule has 13 atom stereocenters. The SMILES string of the molecule is CCCCOC(C)(C)/C=C/C(O)C(C)(O)C1C(O)CC2(C)C3CCc4c(cc(OC5OC(CO)C(O)C(O)C5O)c(O)c4C)C3(C)C(=O)CC12C. The Morgan fingerprint density at radius 3 is 2.37 bits per heavy atom. The van der Waals surface area contributed by atoms with E-state index in [0.717, 1.165) is 18.4 Å². The molecule has 2 saturated carbocycles. The Kier molecular flexibility index (Phi) is 10.9. The summed E-state index contributed by atoms with van der Waals surface area (Å²) in [6.07, 6.45) is -3.57. The summed E-state index contributed by atoms with van der Waals surface area (Å²) >= 11 is 0. The van der Waals surface area contributed by atoms with Gasteiger partial charge in [0.25, 0.3) is 0 Å². The Bertz CT molecular complexity index is 1490. The summed E-state index contributed by atoms with van der Waals surface area (Å²) in [6.45, 7) is 14.9. The van der Waals surface area contributed by atoms with Crippen molar-refractivity contribution in [3.8, 4) is 11.5 Å². The summed E-state index contributed by atoms with van der Waals surface area (Å²) in [6, 6.07) is 1.58. The van der Waals surface area contributed by atoms with E-state index in [1.54, 1.807) is 19.1 Å². The van der Waals surface area contributed by atoms with Gasteiger partial charge in [-0.2, -0.15) is 0 Å². The van der Waals surface area contributed by atoms with Gasteiger partial charge in [0.15, 0.2) is 11.5 Å². The number of fused-ring (bicyclic) bond motifs is 5. The lowest BCUT2D eigenvalue weighted by molar-refractivity contribution is -0.277. The van der Waals surface area contributed by atoms with Gasteiger partial charge in [0.1, 0.15) is 36.3 Å². The minimum Gasteiger partial charge on any atom is -0.504 e. The maximum Gasteiger partial charge on any atom is 0.229 e. The van der Waals surface area contributed by atoms with Gasteiger partial charge in [-0.05, 0) is 99.8 Å². The molecule has 1 heterocycles. The van der Waals surface area contributed by atoms with E-state index >= 15 is 0 Å². The molecule has 12 heteroatoms. The molecule has 1 aliphatic heterocycles.